The standard InChI is InChI=1S/C26H19BrN2O4S/c1-14-23(15(2)30)24(21-12-11-20(33-21)16-7-9-18(27)10-8-16)29-25(32)22(34-26(29)28-14)13-17-5-3-4-6-19(17)31/h3-13,24,31H,1-2H3/b22-13+/t24-/m1/s1. The predicted octanol–water partition coefficient (Wildman–Crippen LogP) is 4.55. The van der Waals surface area contributed by atoms with Crippen LogP contribution in [0.2, 0.25) is 0 Å². The first-order valence-electron chi connectivity index (χ1n) is 10.5. The highest BCUT2D eigenvalue weighted by Gasteiger charge is 2.33. The highest BCUT2D eigenvalue weighted by Crippen LogP contribution is 2.34. The van der Waals surface area contributed by atoms with Crippen molar-refractivity contribution in [3.8, 4) is 17.1 Å². The molecule has 34 heavy (non-hydrogen) atoms. The summed E-state index contributed by atoms with van der Waals surface area (Å²) in [6.07, 6.45) is 1.64. The van der Waals surface area contributed by atoms with Gasteiger partial charge >= 0.3 is 0 Å². The molecule has 170 valence electrons. The third-order valence-corrected chi connectivity index (χ3v) is 7.16. The molecule has 0 amide bonds. The number of hydrogen-bond donors (Lipinski definition) is 1. The molecule has 2 aromatic carbocycles. The van der Waals surface area contributed by atoms with E-state index in [1.54, 1.807) is 43.3 Å². The highest BCUT2D eigenvalue weighted by atomic mass is 79.9. The maximum absolute atomic E-state index is 13.5. The van der Waals surface area contributed by atoms with Gasteiger partial charge in [-0.3, -0.25) is 14.2 Å². The number of carbonyl (C=O) groups excluding carboxylic acids is 1. The Morgan fingerprint density at radius 1 is 1.15 bits per heavy atom. The van der Waals surface area contributed by atoms with Gasteiger partial charge in [-0.25, -0.2) is 4.99 Å². The van der Waals surface area contributed by atoms with Crippen LogP contribution in [-0.4, -0.2) is 15.5 Å². The zero-order chi connectivity index (χ0) is 24.0. The van der Waals surface area contributed by atoms with Gasteiger partial charge in [-0.15, -0.1) is 0 Å². The minimum Gasteiger partial charge on any atom is -0.507 e. The number of allylic oxidation sites excluding steroid dienone is 2. The van der Waals surface area contributed by atoms with Crippen molar-refractivity contribution >= 4 is 39.1 Å². The second-order valence-electron chi connectivity index (χ2n) is 7.91. The van der Waals surface area contributed by atoms with E-state index in [2.05, 4.69) is 20.9 Å². The predicted molar refractivity (Wildman–Crippen MR) is 134 cm³/mol. The van der Waals surface area contributed by atoms with Crippen molar-refractivity contribution in [2.24, 2.45) is 4.99 Å². The molecule has 0 radical (unpaired) electrons. The zero-order valence-corrected chi connectivity index (χ0v) is 20.7. The van der Waals surface area contributed by atoms with Gasteiger partial charge < -0.3 is 9.52 Å². The summed E-state index contributed by atoms with van der Waals surface area (Å²) in [4.78, 5) is 31.2. The molecule has 0 bridgehead atoms. The van der Waals surface area contributed by atoms with Crippen molar-refractivity contribution in [1.29, 1.82) is 0 Å². The first kappa shape index (κ1) is 22.3. The average molecular weight is 535 g/mol. The normalized spacial score (nSPS) is 15.9. The van der Waals surface area contributed by atoms with Gasteiger partial charge in [-0.1, -0.05) is 57.6 Å². The lowest BCUT2D eigenvalue weighted by Gasteiger charge is -2.22. The molecule has 1 aliphatic rings. The number of furan rings is 1. The molecule has 1 atom stereocenters. The first-order valence-corrected chi connectivity index (χ1v) is 12.1. The van der Waals surface area contributed by atoms with E-state index < -0.39 is 6.04 Å². The number of phenols is 1. The van der Waals surface area contributed by atoms with Gasteiger partial charge in [-0.2, -0.15) is 0 Å². The molecular formula is C26H19BrN2O4S. The number of para-hydroxylation sites is 1. The SMILES string of the molecule is CC(=O)C1=C(C)N=c2s/c(=C/c3ccccc3O)c(=O)n2[C@@H]1c1ccc(-c2ccc(Br)cc2)o1. The molecule has 4 aromatic rings. The summed E-state index contributed by atoms with van der Waals surface area (Å²) in [6, 6.07) is 17.4. The Labute approximate surface area is 207 Å². The highest BCUT2D eigenvalue weighted by molar-refractivity contribution is 9.10. The first-order chi connectivity index (χ1) is 16.3. The van der Waals surface area contributed by atoms with Crippen LogP contribution in [0.25, 0.3) is 17.4 Å². The number of aromatic hydroxyl groups is 1. The van der Waals surface area contributed by atoms with Crippen LogP contribution in [0, 0.1) is 0 Å². The number of halogens is 1. The number of benzene rings is 2. The molecule has 0 aliphatic carbocycles. The summed E-state index contributed by atoms with van der Waals surface area (Å²) in [5.41, 5.74) is 2.08. The van der Waals surface area contributed by atoms with E-state index in [9.17, 15) is 14.7 Å². The van der Waals surface area contributed by atoms with Crippen molar-refractivity contribution in [2.75, 3.05) is 0 Å². The second-order valence-corrected chi connectivity index (χ2v) is 9.83. The lowest BCUT2D eigenvalue weighted by atomic mass is 9.98. The molecule has 8 heteroatoms. The molecule has 1 aliphatic heterocycles. The fourth-order valence-corrected chi connectivity index (χ4v) is 5.36. The number of hydrogen-bond acceptors (Lipinski definition) is 6. The third kappa shape index (κ3) is 3.89. The zero-order valence-electron chi connectivity index (χ0n) is 18.3. The Kier molecular flexibility index (Phi) is 5.71. The van der Waals surface area contributed by atoms with Crippen molar-refractivity contribution in [3.63, 3.8) is 0 Å². The van der Waals surface area contributed by atoms with Gasteiger partial charge in [0.15, 0.2) is 10.6 Å². The fourth-order valence-electron chi connectivity index (χ4n) is 4.06. The number of fused-ring (bicyclic) bond motifs is 1. The summed E-state index contributed by atoms with van der Waals surface area (Å²) in [5, 5.41) is 10.2. The number of ketones is 1. The Balaban J connectivity index is 1.70. The Morgan fingerprint density at radius 3 is 2.59 bits per heavy atom. The molecule has 6 nitrogen and oxygen atoms in total. The van der Waals surface area contributed by atoms with E-state index in [4.69, 9.17) is 4.42 Å². The quantitative estimate of drug-likeness (QED) is 0.416. The Hall–Kier alpha value is -3.49. The van der Waals surface area contributed by atoms with Crippen LogP contribution in [0.3, 0.4) is 0 Å². The minimum absolute atomic E-state index is 0.0793. The Morgan fingerprint density at radius 2 is 1.88 bits per heavy atom. The molecule has 0 fully saturated rings. The smallest absolute Gasteiger partial charge is 0.271 e. The van der Waals surface area contributed by atoms with Gasteiger partial charge in [-0.05, 0) is 50.3 Å². The van der Waals surface area contributed by atoms with E-state index in [0.29, 0.717) is 37.7 Å². The van der Waals surface area contributed by atoms with Gasteiger partial charge in [0, 0.05) is 26.9 Å². The maximum atomic E-state index is 13.5. The van der Waals surface area contributed by atoms with E-state index in [0.717, 1.165) is 10.0 Å². The largest absolute Gasteiger partial charge is 0.507 e. The summed E-state index contributed by atoms with van der Waals surface area (Å²) < 4.78 is 9.05. The van der Waals surface area contributed by atoms with E-state index in [-0.39, 0.29) is 17.1 Å². The van der Waals surface area contributed by atoms with Crippen LogP contribution in [0.1, 0.15) is 31.2 Å². The topological polar surface area (TPSA) is 84.8 Å². The van der Waals surface area contributed by atoms with Crippen molar-refractivity contribution in [1.82, 2.24) is 4.57 Å². The molecule has 5 rings (SSSR count). The molecule has 0 saturated heterocycles. The summed E-state index contributed by atoms with van der Waals surface area (Å²) in [5.74, 6) is 1.02. The van der Waals surface area contributed by atoms with Gasteiger partial charge in [0.05, 0.1) is 4.53 Å². The van der Waals surface area contributed by atoms with Crippen molar-refractivity contribution in [2.45, 2.75) is 19.9 Å². The Bertz CT molecular complexity index is 1640. The van der Waals surface area contributed by atoms with Crippen molar-refractivity contribution in [3.05, 3.63) is 107 Å². The monoisotopic (exact) mass is 534 g/mol. The fraction of sp³-hybridized carbons (Fsp3) is 0.115. The molecule has 0 unspecified atom stereocenters. The molecular weight excluding hydrogens is 516 g/mol. The summed E-state index contributed by atoms with van der Waals surface area (Å²) in [6.45, 7) is 3.24. The number of aromatic nitrogens is 1. The summed E-state index contributed by atoms with van der Waals surface area (Å²) in [7, 11) is 0. The number of nitrogens with zero attached hydrogens (tertiary/aromatic N) is 2. The molecule has 0 saturated carbocycles. The molecule has 2 aromatic heterocycles. The van der Waals surface area contributed by atoms with Crippen molar-refractivity contribution < 1.29 is 14.3 Å². The van der Waals surface area contributed by atoms with Gasteiger partial charge in [0.1, 0.15) is 23.3 Å². The number of Topliss-reactive ketones (excluding diaryl/α,β-unsaturated/α-hetero) is 1. The number of rotatable bonds is 4. The molecule has 0 spiro atoms. The minimum atomic E-state index is -0.732. The third-order valence-electron chi connectivity index (χ3n) is 5.65. The van der Waals surface area contributed by atoms with Crippen LogP contribution >= 0.6 is 27.3 Å². The van der Waals surface area contributed by atoms with Gasteiger partial charge in [0.2, 0.25) is 0 Å². The van der Waals surface area contributed by atoms with E-state index in [1.807, 2.05) is 30.3 Å². The molecule has 1 N–H and O–H groups in total. The number of carbonyl (C=O) groups is 1. The average Bonchev–Trinajstić information content (AvgIpc) is 3.40. The lowest BCUT2D eigenvalue weighted by Crippen LogP contribution is -2.39. The van der Waals surface area contributed by atoms with Crippen LogP contribution in [0.5, 0.6) is 5.75 Å². The van der Waals surface area contributed by atoms with Crippen LogP contribution in [0.15, 0.2) is 90.6 Å². The number of phenolic OH excluding ortho intramolecular Hbond substituents is 1. The van der Waals surface area contributed by atoms with Gasteiger partial charge in [0.25, 0.3) is 5.56 Å². The maximum Gasteiger partial charge on any atom is 0.271 e. The number of thiazole rings is 1. The van der Waals surface area contributed by atoms with Crippen LogP contribution in [0.4, 0.5) is 0 Å². The second kappa shape index (κ2) is 8.70. The van der Waals surface area contributed by atoms with E-state index >= 15 is 0 Å². The summed E-state index contributed by atoms with van der Waals surface area (Å²) >= 11 is 4.64. The lowest BCUT2D eigenvalue weighted by molar-refractivity contribution is -0.114. The molecule has 3 heterocycles. The van der Waals surface area contributed by atoms with Crippen LogP contribution < -0.4 is 14.9 Å². The van der Waals surface area contributed by atoms with Crippen LogP contribution in [-0.2, 0) is 4.79 Å². The van der Waals surface area contributed by atoms with E-state index in [1.165, 1.54) is 22.8 Å².